The molecule has 2 saturated heterocycles. The summed E-state index contributed by atoms with van der Waals surface area (Å²) in [4.78, 5) is 9.42. The van der Waals surface area contributed by atoms with E-state index >= 15 is 0 Å². The number of pyridine rings is 1. The predicted octanol–water partition coefficient (Wildman–Crippen LogP) is 2.99. The molecule has 27 heavy (non-hydrogen) atoms. The van der Waals surface area contributed by atoms with Gasteiger partial charge in [0.25, 0.3) is 0 Å². The monoisotopic (exact) mass is 362 g/mol. The molecule has 2 aromatic rings. The van der Waals surface area contributed by atoms with Gasteiger partial charge in [-0.25, -0.2) is 0 Å². The summed E-state index contributed by atoms with van der Waals surface area (Å²) in [5, 5.41) is 8.92. The smallest absolute Gasteiger partial charge is 0.0991 e. The van der Waals surface area contributed by atoms with E-state index in [1.165, 1.54) is 24.0 Å². The molecule has 2 fully saturated rings. The summed E-state index contributed by atoms with van der Waals surface area (Å²) in [5.41, 5.74) is 3.27. The maximum absolute atomic E-state index is 8.92. The van der Waals surface area contributed by atoms with Crippen LogP contribution in [0.1, 0.15) is 35.6 Å². The van der Waals surface area contributed by atoms with Crippen molar-refractivity contribution in [1.82, 2.24) is 14.8 Å². The van der Waals surface area contributed by atoms with Crippen LogP contribution in [0.25, 0.3) is 0 Å². The van der Waals surface area contributed by atoms with Gasteiger partial charge in [-0.05, 0) is 55.3 Å². The molecule has 0 saturated carbocycles. The van der Waals surface area contributed by atoms with Crippen LogP contribution in [0, 0.1) is 11.3 Å². The average molecular weight is 362 g/mol. The summed E-state index contributed by atoms with van der Waals surface area (Å²) in [6.07, 6.45) is 6.44. The third-order valence-corrected chi connectivity index (χ3v) is 5.94. The number of nitrogens with zero attached hydrogens (tertiary/aromatic N) is 4. The van der Waals surface area contributed by atoms with Crippen LogP contribution in [0.2, 0.25) is 0 Å². The summed E-state index contributed by atoms with van der Waals surface area (Å²) in [7, 11) is 1.81. The predicted molar refractivity (Wildman–Crippen MR) is 104 cm³/mol. The molecule has 2 aliphatic rings. The lowest BCUT2D eigenvalue weighted by Gasteiger charge is -2.53. The number of rotatable bonds is 5. The van der Waals surface area contributed by atoms with E-state index in [1.807, 2.05) is 37.7 Å². The van der Waals surface area contributed by atoms with Crippen molar-refractivity contribution in [3.63, 3.8) is 0 Å². The first-order valence-electron chi connectivity index (χ1n) is 9.68. The van der Waals surface area contributed by atoms with Crippen molar-refractivity contribution >= 4 is 0 Å². The van der Waals surface area contributed by atoms with Gasteiger partial charge in [0.15, 0.2) is 0 Å². The van der Waals surface area contributed by atoms with Crippen LogP contribution in [0.15, 0.2) is 48.8 Å². The summed E-state index contributed by atoms with van der Waals surface area (Å²) in [6, 6.07) is 15.3. The Labute approximate surface area is 161 Å². The zero-order valence-electron chi connectivity index (χ0n) is 15.8. The molecule has 0 radical (unpaired) electrons. The van der Waals surface area contributed by atoms with Gasteiger partial charge in [0.05, 0.1) is 23.8 Å². The van der Waals surface area contributed by atoms with Crippen molar-refractivity contribution in [2.45, 2.75) is 37.6 Å². The molecule has 5 nitrogen and oxygen atoms in total. The highest BCUT2D eigenvalue weighted by Gasteiger charge is 2.44. The molecule has 5 heteroatoms. The second-order valence-electron chi connectivity index (χ2n) is 7.52. The van der Waals surface area contributed by atoms with E-state index in [2.05, 4.69) is 39.1 Å². The summed E-state index contributed by atoms with van der Waals surface area (Å²) >= 11 is 0. The fourth-order valence-corrected chi connectivity index (χ4v) is 4.39. The van der Waals surface area contributed by atoms with Crippen molar-refractivity contribution in [2.75, 3.05) is 26.7 Å². The molecule has 140 valence electrons. The van der Waals surface area contributed by atoms with Gasteiger partial charge >= 0.3 is 0 Å². The SMILES string of the molecule is CO[C@H]1CN(C2CCN(Cc3ccc(C#N)cc3)CC2)[C@H]1c1cccnc1. The average Bonchev–Trinajstić information content (AvgIpc) is 2.70. The molecule has 0 spiro atoms. The van der Waals surface area contributed by atoms with Crippen molar-refractivity contribution in [2.24, 2.45) is 0 Å². The van der Waals surface area contributed by atoms with Crippen molar-refractivity contribution in [3.05, 3.63) is 65.5 Å². The number of hydrogen-bond donors (Lipinski definition) is 0. The molecular weight excluding hydrogens is 336 g/mol. The number of likely N-dealkylation sites (tertiary alicyclic amines) is 2. The van der Waals surface area contributed by atoms with Crippen molar-refractivity contribution in [3.8, 4) is 6.07 Å². The Hall–Kier alpha value is -2.26. The number of hydrogen-bond acceptors (Lipinski definition) is 5. The number of ether oxygens (including phenoxy) is 1. The van der Waals surface area contributed by atoms with Crippen LogP contribution < -0.4 is 0 Å². The van der Waals surface area contributed by atoms with Crippen LogP contribution in [0.4, 0.5) is 0 Å². The summed E-state index contributed by atoms with van der Waals surface area (Å²) < 4.78 is 5.69. The van der Waals surface area contributed by atoms with E-state index in [0.29, 0.717) is 12.1 Å². The quantitative estimate of drug-likeness (QED) is 0.818. The lowest BCUT2D eigenvalue weighted by atomic mass is 9.87. The van der Waals surface area contributed by atoms with E-state index in [-0.39, 0.29) is 6.10 Å². The minimum Gasteiger partial charge on any atom is -0.378 e. The molecular formula is C22H26N4O. The Morgan fingerprint density at radius 2 is 1.96 bits per heavy atom. The van der Waals surface area contributed by atoms with E-state index in [9.17, 15) is 0 Å². The van der Waals surface area contributed by atoms with Crippen molar-refractivity contribution < 1.29 is 4.74 Å². The lowest BCUT2D eigenvalue weighted by molar-refractivity contribution is -0.117. The minimum absolute atomic E-state index is 0.269. The first kappa shape index (κ1) is 18.1. The van der Waals surface area contributed by atoms with E-state index < -0.39 is 0 Å². The molecule has 0 unspecified atom stereocenters. The van der Waals surface area contributed by atoms with Crippen LogP contribution in [-0.2, 0) is 11.3 Å². The highest BCUT2D eigenvalue weighted by Crippen LogP contribution is 2.39. The summed E-state index contributed by atoms with van der Waals surface area (Å²) in [5.74, 6) is 0. The topological polar surface area (TPSA) is 52.4 Å². The zero-order valence-corrected chi connectivity index (χ0v) is 15.8. The lowest BCUT2D eigenvalue weighted by Crippen LogP contribution is -2.60. The molecule has 3 heterocycles. The van der Waals surface area contributed by atoms with Gasteiger partial charge in [-0.15, -0.1) is 0 Å². The third kappa shape index (κ3) is 3.89. The fraction of sp³-hybridized carbons (Fsp3) is 0.455. The Balaban J connectivity index is 1.34. The Kier molecular flexibility index (Phi) is 5.49. The van der Waals surface area contributed by atoms with E-state index in [0.717, 1.165) is 31.7 Å². The molecule has 1 aromatic heterocycles. The maximum Gasteiger partial charge on any atom is 0.0991 e. The minimum atomic E-state index is 0.269. The first-order chi connectivity index (χ1) is 13.3. The van der Waals surface area contributed by atoms with Gasteiger partial charge in [-0.2, -0.15) is 5.26 Å². The standard InChI is InChI=1S/C22H26N4O/c1-27-21-16-26(22(21)19-3-2-10-24-14-19)20-8-11-25(12-9-20)15-18-6-4-17(13-23)5-7-18/h2-7,10,14,20-22H,8-9,11-12,15-16H2,1H3/t21-,22-/m0/s1. The first-order valence-corrected chi connectivity index (χ1v) is 9.68. The molecule has 0 N–H and O–H groups in total. The van der Waals surface area contributed by atoms with Gasteiger partial charge in [-0.1, -0.05) is 18.2 Å². The molecule has 1 aromatic carbocycles. The van der Waals surface area contributed by atoms with Gasteiger partial charge in [0.2, 0.25) is 0 Å². The van der Waals surface area contributed by atoms with E-state index in [1.54, 1.807) is 0 Å². The number of nitriles is 1. The Morgan fingerprint density at radius 1 is 1.19 bits per heavy atom. The number of methoxy groups -OCH3 is 1. The second-order valence-corrected chi connectivity index (χ2v) is 7.52. The Morgan fingerprint density at radius 3 is 2.59 bits per heavy atom. The highest BCUT2D eigenvalue weighted by atomic mass is 16.5. The van der Waals surface area contributed by atoms with E-state index in [4.69, 9.17) is 10.00 Å². The highest BCUT2D eigenvalue weighted by molar-refractivity contribution is 5.31. The van der Waals surface area contributed by atoms with Crippen LogP contribution >= 0.6 is 0 Å². The molecule has 0 aliphatic carbocycles. The van der Waals surface area contributed by atoms with Crippen molar-refractivity contribution in [1.29, 1.82) is 5.26 Å². The number of piperidine rings is 1. The van der Waals surface area contributed by atoms with Crippen LogP contribution in [-0.4, -0.2) is 53.7 Å². The normalized spacial score (nSPS) is 24.3. The number of aromatic nitrogens is 1. The zero-order chi connectivity index (χ0) is 18.6. The second kappa shape index (κ2) is 8.18. The van der Waals surface area contributed by atoms with Gasteiger partial charge in [-0.3, -0.25) is 14.8 Å². The molecule has 4 rings (SSSR count). The van der Waals surface area contributed by atoms with Gasteiger partial charge < -0.3 is 4.74 Å². The fourth-order valence-electron chi connectivity index (χ4n) is 4.39. The molecule has 0 amide bonds. The Bertz CT molecular complexity index is 778. The van der Waals surface area contributed by atoms with Crippen LogP contribution in [0.5, 0.6) is 0 Å². The van der Waals surface area contributed by atoms with Gasteiger partial charge in [0, 0.05) is 38.6 Å². The maximum atomic E-state index is 8.92. The van der Waals surface area contributed by atoms with Crippen LogP contribution in [0.3, 0.4) is 0 Å². The van der Waals surface area contributed by atoms with Gasteiger partial charge in [0.1, 0.15) is 0 Å². The molecule has 2 aliphatic heterocycles. The third-order valence-electron chi connectivity index (χ3n) is 5.94. The summed E-state index contributed by atoms with van der Waals surface area (Å²) in [6.45, 7) is 4.19. The molecule has 0 bridgehead atoms. The molecule has 2 atom stereocenters. The largest absolute Gasteiger partial charge is 0.378 e. The number of benzene rings is 1.